The summed E-state index contributed by atoms with van der Waals surface area (Å²) in [7, 11) is 0. The molecule has 0 unspecified atom stereocenters. The Bertz CT molecular complexity index is 428. The van der Waals surface area contributed by atoms with Gasteiger partial charge in [0.25, 0.3) is 0 Å². The van der Waals surface area contributed by atoms with Crippen molar-refractivity contribution in [2.24, 2.45) is 0 Å². The summed E-state index contributed by atoms with van der Waals surface area (Å²) in [5.74, 6) is -0.0347. The second kappa shape index (κ2) is 6.68. The van der Waals surface area contributed by atoms with Crippen LogP contribution in [0.4, 0.5) is 5.69 Å². The van der Waals surface area contributed by atoms with Crippen LogP contribution >= 0.6 is 0 Å². The molecular weight excluding hydrogens is 240 g/mol. The molecule has 0 aliphatic heterocycles. The summed E-state index contributed by atoms with van der Waals surface area (Å²) >= 11 is 0. The number of nitrogens with one attached hydrogen (secondary N) is 2. The normalized spacial score (nSPS) is 21.8. The fraction of sp³-hybridized carbons (Fsp3) is 0.533. The van der Waals surface area contributed by atoms with Gasteiger partial charge in [-0.15, -0.1) is 0 Å². The van der Waals surface area contributed by atoms with E-state index < -0.39 is 0 Å². The van der Waals surface area contributed by atoms with Crippen molar-refractivity contribution in [3.8, 4) is 0 Å². The first-order valence-corrected chi connectivity index (χ1v) is 6.89. The first-order chi connectivity index (χ1) is 9.19. The summed E-state index contributed by atoms with van der Waals surface area (Å²) in [4.78, 5) is 11.1. The van der Waals surface area contributed by atoms with Crippen molar-refractivity contribution in [1.29, 1.82) is 0 Å². The summed E-state index contributed by atoms with van der Waals surface area (Å²) in [6.45, 7) is 5.13. The molecule has 0 heterocycles. The molecule has 1 aromatic carbocycles. The summed E-state index contributed by atoms with van der Waals surface area (Å²) in [5, 5.41) is 6.36. The molecule has 4 heteroatoms. The molecule has 1 fully saturated rings. The zero-order chi connectivity index (χ0) is 13.7. The molecule has 1 aliphatic rings. The van der Waals surface area contributed by atoms with E-state index in [-0.39, 0.29) is 5.91 Å². The molecule has 1 amide bonds. The minimum Gasteiger partial charge on any atom is -0.378 e. The summed E-state index contributed by atoms with van der Waals surface area (Å²) in [6.07, 6.45) is 2.58. The van der Waals surface area contributed by atoms with Gasteiger partial charge in [0.2, 0.25) is 5.91 Å². The molecule has 1 saturated carbocycles. The van der Waals surface area contributed by atoms with Crippen LogP contribution < -0.4 is 10.6 Å². The van der Waals surface area contributed by atoms with E-state index >= 15 is 0 Å². The van der Waals surface area contributed by atoms with Crippen molar-refractivity contribution < 1.29 is 9.53 Å². The number of carbonyl (C=O) groups is 1. The van der Waals surface area contributed by atoms with Gasteiger partial charge >= 0.3 is 0 Å². The van der Waals surface area contributed by atoms with E-state index in [1.54, 1.807) is 0 Å². The Morgan fingerprint density at radius 3 is 2.79 bits per heavy atom. The Hall–Kier alpha value is -1.39. The zero-order valence-electron chi connectivity index (χ0n) is 11.6. The summed E-state index contributed by atoms with van der Waals surface area (Å²) in [5.41, 5.74) is 2.01. The lowest BCUT2D eigenvalue weighted by Crippen LogP contribution is -2.45. The van der Waals surface area contributed by atoms with E-state index in [1.165, 1.54) is 6.92 Å². The predicted octanol–water partition coefficient (Wildman–Crippen LogP) is 2.30. The molecule has 0 spiro atoms. The van der Waals surface area contributed by atoms with Crippen molar-refractivity contribution in [1.82, 2.24) is 5.32 Å². The average Bonchev–Trinajstić information content (AvgIpc) is 2.33. The predicted molar refractivity (Wildman–Crippen MR) is 76.0 cm³/mol. The van der Waals surface area contributed by atoms with Crippen molar-refractivity contribution in [2.75, 3.05) is 11.9 Å². The quantitative estimate of drug-likeness (QED) is 0.827. The molecule has 0 bridgehead atoms. The van der Waals surface area contributed by atoms with Gasteiger partial charge in [-0.25, -0.2) is 0 Å². The molecule has 2 rings (SSSR count). The van der Waals surface area contributed by atoms with E-state index in [2.05, 4.69) is 10.6 Å². The number of anilines is 1. The molecule has 0 aromatic heterocycles. The van der Waals surface area contributed by atoms with E-state index in [1.807, 2.05) is 31.2 Å². The number of hydrogen-bond acceptors (Lipinski definition) is 3. The lowest BCUT2D eigenvalue weighted by Gasteiger charge is -2.35. The van der Waals surface area contributed by atoms with Gasteiger partial charge in [0.15, 0.2) is 0 Å². The second-order valence-corrected chi connectivity index (χ2v) is 4.96. The van der Waals surface area contributed by atoms with Gasteiger partial charge in [-0.3, -0.25) is 4.79 Å². The minimum atomic E-state index is -0.0347. The molecule has 0 radical (unpaired) electrons. The Kier molecular flexibility index (Phi) is 4.93. The van der Waals surface area contributed by atoms with Crippen LogP contribution in [0.5, 0.6) is 0 Å². The van der Waals surface area contributed by atoms with Crippen LogP contribution in [0.1, 0.15) is 32.3 Å². The largest absolute Gasteiger partial charge is 0.378 e. The van der Waals surface area contributed by atoms with E-state index in [9.17, 15) is 4.79 Å². The van der Waals surface area contributed by atoms with Crippen LogP contribution in [0.3, 0.4) is 0 Å². The summed E-state index contributed by atoms with van der Waals surface area (Å²) in [6, 6.07) is 8.43. The highest BCUT2D eigenvalue weighted by atomic mass is 16.5. The third-order valence-electron chi connectivity index (χ3n) is 3.41. The monoisotopic (exact) mass is 262 g/mol. The first kappa shape index (κ1) is 14.0. The van der Waals surface area contributed by atoms with Crippen LogP contribution in [0.25, 0.3) is 0 Å². The maximum atomic E-state index is 11.1. The van der Waals surface area contributed by atoms with Gasteiger partial charge in [-0.1, -0.05) is 18.2 Å². The molecule has 0 atom stereocenters. The lowest BCUT2D eigenvalue weighted by molar-refractivity contribution is -0.114. The number of carbonyl (C=O) groups excluding carboxylic acids is 1. The van der Waals surface area contributed by atoms with Gasteiger partial charge in [0.1, 0.15) is 0 Å². The molecule has 104 valence electrons. The van der Waals surface area contributed by atoms with Gasteiger partial charge < -0.3 is 15.4 Å². The molecule has 19 heavy (non-hydrogen) atoms. The van der Waals surface area contributed by atoms with Crippen LogP contribution in [-0.4, -0.2) is 24.7 Å². The first-order valence-electron chi connectivity index (χ1n) is 6.89. The topological polar surface area (TPSA) is 50.4 Å². The molecule has 1 aromatic rings. The highest BCUT2D eigenvalue weighted by Crippen LogP contribution is 2.24. The fourth-order valence-corrected chi connectivity index (χ4v) is 2.34. The van der Waals surface area contributed by atoms with E-state index in [0.717, 1.165) is 37.2 Å². The molecular formula is C15H22N2O2. The number of amides is 1. The lowest BCUT2D eigenvalue weighted by atomic mass is 9.89. The van der Waals surface area contributed by atoms with Crippen LogP contribution in [-0.2, 0) is 16.1 Å². The third-order valence-corrected chi connectivity index (χ3v) is 3.41. The van der Waals surface area contributed by atoms with Gasteiger partial charge in [0, 0.05) is 31.8 Å². The molecule has 0 saturated heterocycles. The van der Waals surface area contributed by atoms with Crippen molar-refractivity contribution >= 4 is 11.6 Å². The second-order valence-electron chi connectivity index (χ2n) is 4.96. The Morgan fingerprint density at radius 2 is 2.11 bits per heavy atom. The summed E-state index contributed by atoms with van der Waals surface area (Å²) < 4.78 is 5.54. The maximum Gasteiger partial charge on any atom is 0.221 e. The Morgan fingerprint density at radius 1 is 1.37 bits per heavy atom. The number of rotatable bonds is 6. The molecule has 2 N–H and O–H groups in total. The highest BCUT2D eigenvalue weighted by molar-refractivity contribution is 5.89. The maximum absolute atomic E-state index is 11.1. The molecule has 1 aliphatic carbocycles. The van der Waals surface area contributed by atoms with Crippen LogP contribution in [0, 0.1) is 0 Å². The van der Waals surface area contributed by atoms with Crippen LogP contribution in [0.2, 0.25) is 0 Å². The van der Waals surface area contributed by atoms with Crippen molar-refractivity contribution in [3.05, 3.63) is 29.8 Å². The smallest absolute Gasteiger partial charge is 0.221 e. The Labute approximate surface area is 114 Å². The Balaban J connectivity index is 1.81. The SMILES string of the molecule is CCOC1CC(NCc2ccccc2NC(C)=O)C1. The van der Waals surface area contributed by atoms with Gasteiger partial charge in [-0.2, -0.15) is 0 Å². The van der Waals surface area contributed by atoms with Crippen molar-refractivity contribution in [2.45, 2.75) is 45.4 Å². The van der Waals surface area contributed by atoms with Gasteiger partial charge in [0.05, 0.1) is 6.10 Å². The van der Waals surface area contributed by atoms with Gasteiger partial charge in [-0.05, 0) is 31.4 Å². The number of ether oxygens (including phenoxy) is 1. The molecule has 4 nitrogen and oxygen atoms in total. The number of para-hydroxylation sites is 1. The van der Waals surface area contributed by atoms with Crippen LogP contribution in [0.15, 0.2) is 24.3 Å². The average molecular weight is 262 g/mol. The van der Waals surface area contributed by atoms with E-state index in [0.29, 0.717) is 12.1 Å². The van der Waals surface area contributed by atoms with Crippen molar-refractivity contribution in [3.63, 3.8) is 0 Å². The standard InChI is InChI=1S/C15H22N2O2/c1-3-19-14-8-13(9-14)16-10-12-6-4-5-7-15(12)17-11(2)18/h4-7,13-14,16H,3,8-10H2,1-2H3,(H,17,18). The zero-order valence-corrected chi connectivity index (χ0v) is 11.6. The number of hydrogen-bond donors (Lipinski definition) is 2. The third kappa shape index (κ3) is 4.04. The highest BCUT2D eigenvalue weighted by Gasteiger charge is 2.28. The van der Waals surface area contributed by atoms with E-state index in [4.69, 9.17) is 4.74 Å². The fourth-order valence-electron chi connectivity index (χ4n) is 2.34. The minimum absolute atomic E-state index is 0.0347. The number of benzene rings is 1.